The van der Waals surface area contributed by atoms with Gasteiger partial charge in [-0.3, -0.25) is 9.59 Å². The molecule has 7 nitrogen and oxygen atoms in total. The summed E-state index contributed by atoms with van der Waals surface area (Å²) < 4.78 is 0. The molecule has 2 rings (SSSR count). The first kappa shape index (κ1) is 16.9. The maximum Gasteiger partial charge on any atom is 0.313 e. The summed E-state index contributed by atoms with van der Waals surface area (Å²) in [5, 5.41) is 17.1. The van der Waals surface area contributed by atoms with Gasteiger partial charge in [-0.15, -0.1) is 10.2 Å². The third-order valence-corrected chi connectivity index (χ3v) is 3.99. The number of rotatable bonds is 5. The molecule has 1 amide bonds. The van der Waals surface area contributed by atoms with E-state index >= 15 is 0 Å². The molecule has 0 radical (unpaired) electrons. The highest BCUT2D eigenvalue weighted by atomic mass is 32.2. The number of carbonyl (C=O) groups excluding carboxylic acids is 1. The van der Waals surface area contributed by atoms with E-state index < -0.39 is 5.97 Å². The number of hydrogen-bond donors (Lipinski definition) is 1. The van der Waals surface area contributed by atoms with Crippen molar-refractivity contribution in [3.05, 3.63) is 30.0 Å². The van der Waals surface area contributed by atoms with Gasteiger partial charge in [0.05, 0.1) is 11.4 Å². The third kappa shape index (κ3) is 4.26. The highest BCUT2D eigenvalue weighted by Gasteiger charge is 2.11. The van der Waals surface area contributed by atoms with Gasteiger partial charge in [0.1, 0.15) is 5.69 Å². The van der Waals surface area contributed by atoms with Gasteiger partial charge in [-0.25, -0.2) is 4.98 Å². The van der Waals surface area contributed by atoms with E-state index in [-0.39, 0.29) is 11.7 Å². The molecule has 1 aromatic heterocycles. The Morgan fingerprint density at radius 1 is 1.22 bits per heavy atom. The standard InChI is InChI=1S/C15H16N4O3S/c1-9-14(17-18-15(16-9)23-8-13(21)22)11-4-6-12(7-5-11)19(3)10(2)20/h4-7H,8H2,1-3H3,(H,21,22). The van der Waals surface area contributed by atoms with Gasteiger partial charge in [0.2, 0.25) is 11.1 Å². The van der Waals surface area contributed by atoms with Gasteiger partial charge in [0.15, 0.2) is 0 Å². The molecule has 0 aliphatic carbocycles. The van der Waals surface area contributed by atoms with Crippen molar-refractivity contribution >= 4 is 29.3 Å². The third-order valence-electron chi connectivity index (χ3n) is 3.17. The van der Waals surface area contributed by atoms with Crippen molar-refractivity contribution in [1.29, 1.82) is 0 Å². The summed E-state index contributed by atoms with van der Waals surface area (Å²) in [4.78, 5) is 27.7. The van der Waals surface area contributed by atoms with Crippen molar-refractivity contribution in [3.8, 4) is 11.3 Å². The number of thioether (sulfide) groups is 1. The Balaban J connectivity index is 2.21. The molecule has 0 atom stereocenters. The topological polar surface area (TPSA) is 96.3 Å². The van der Waals surface area contributed by atoms with Gasteiger partial charge in [0, 0.05) is 25.2 Å². The maximum absolute atomic E-state index is 11.3. The van der Waals surface area contributed by atoms with Crippen molar-refractivity contribution < 1.29 is 14.7 Å². The normalized spacial score (nSPS) is 10.4. The van der Waals surface area contributed by atoms with Gasteiger partial charge in [-0.2, -0.15) is 0 Å². The molecule has 120 valence electrons. The molecule has 1 heterocycles. The predicted molar refractivity (Wildman–Crippen MR) is 87.4 cm³/mol. The second-order valence-electron chi connectivity index (χ2n) is 4.84. The van der Waals surface area contributed by atoms with Crippen LogP contribution < -0.4 is 4.90 Å². The van der Waals surface area contributed by atoms with Crippen molar-refractivity contribution in [2.45, 2.75) is 19.0 Å². The van der Waals surface area contributed by atoms with E-state index in [0.717, 1.165) is 23.0 Å². The molecule has 2 aromatic rings. The minimum atomic E-state index is -0.925. The first-order valence-electron chi connectivity index (χ1n) is 6.79. The first-order valence-corrected chi connectivity index (χ1v) is 7.77. The molecule has 0 aliphatic heterocycles. The fourth-order valence-corrected chi connectivity index (χ4v) is 2.42. The van der Waals surface area contributed by atoms with E-state index in [1.807, 2.05) is 24.3 Å². The van der Waals surface area contributed by atoms with Crippen LogP contribution in [0.3, 0.4) is 0 Å². The van der Waals surface area contributed by atoms with Crippen LogP contribution >= 0.6 is 11.8 Å². The van der Waals surface area contributed by atoms with Crippen molar-refractivity contribution in [2.24, 2.45) is 0 Å². The van der Waals surface area contributed by atoms with E-state index in [4.69, 9.17) is 5.11 Å². The van der Waals surface area contributed by atoms with Crippen molar-refractivity contribution in [3.63, 3.8) is 0 Å². The fourth-order valence-electron chi connectivity index (χ4n) is 1.86. The number of carboxylic acid groups (broad SMARTS) is 1. The lowest BCUT2D eigenvalue weighted by Gasteiger charge is -2.15. The van der Waals surface area contributed by atoms with Crippen molar-refractivity contribution in [1.82, 2.24) is 15.2 Å². The molecular weight excluding hydrogens is 316 g/mol. The van der Waals surface area contributed by atoms with E-state index in [1.165, 1.54) is 6.92 Å². The largest absolute Gasteiger partial charge is 0.481 e. The summed E-state index contributed by atoms with van der Waals surface area (Å²) in [6.45, 7) is 3.30. The van der Waals surface area contributed by atoms with Crippen molar-refractivity contribution in [2.75, 3.05) is 17.7 Å². The highest BCUT2D eigenvalue weighted by Crippen LogP contribution is 2.24. The lowest BCUT2D eigenvalue weighted by Crippen LogP contribution is -2.22. The van der Waals surface area contributed by atoms with Gasteiger partial charge >= 0.3 is 5.97 Å². The molecule has 0 unspecified atom stereocenters. The lowest BCUT2D eigenvalue weighted by atomic mass is 10.1. The van der Waals surface area contributed by atoms with Gasteiger partial charge < -0.3 is 10.0 Å². The maximum atomic E-state index is 11.3. The van der Waals surface area contributed by atoms with Gasteiger partial charge in [-0.05, 0) is 19.1 Å². The summed E-state index contributed by atoms with van der Waals surface area (Å²) in [5.74, 6) is -1.08. The molecule has 0 spiro atoms. The van der Waals surface area contributed by atoms with E-state index in [2.05, 4.69) is 15.2 Å². The van der Waals surface area contributed by atoms with E-state index in [1.54, 1.807) is 18.9 Å². The highest BCUT2D eigenvalue weighted by molar-refractivity contribution is 7.99. The molecular formula is C15H16N4O3S. The molecule has 0 saturated carbocycles. The summed E-state index contributed by atoms with van der Waals surface area (Å²) in [6.07, 6.45) is 0. The fraction of sp³-hybridized carbons (Fsp3) is 0.267. The molecule has 0 aliphatic rings. The number of carboxylic acids is 1. The Morgan fingerprint density at radius 3 is 2.39 bits per heavy atom. The van der Waals surface area contributed by atoms with E-state index in [9.17, 15) is 9.59 Å². The number of benzene rings is 1. The van der Waals surface area contributed by atoms with Crippen LogP contribution in [0.2, 0.25) is 0 Å². The Bertz CT molecular complexity index is 734. The Hall–Kier alpha value is -2.48. The van der Waals surface area contributed by atoms with Crippen LogP contribution in [-0.2, 0) is 9.59 Å². The van der Waals surface area contributed by atoms with Crippen LogP contribution in [0.5, 0.6) is 0 Å². The number of hydrogen-bond acceptors (Lipinski definition) is 6. The Labute approximate surface area is 137 Å². The molecule has 0 saturated heterocycles. The zero-order chi connectivity index (χ0) is 17.0. The van der Waals surface area contributed by atoms with Crippen LogP contribution in [0.1, 0.15) is 12.6 Å². The van der Waals surface area contributed by atoms with Crippen LogP contribution in [0.4, 0.5) is 5.69 Å². The average Bonchev–Trinajstić information content (AvgIpc) is 2.52. The monoisotopic (exact) mass is 332 g/mol. The minimum Gasteiger partial charge on any atom is -0.481 e. The van der Waals surface area contributed by atoms with Gasteiger partial charge in [0.25, 0.3) is 0 Å². The summed E-state index contributed by atoms with van der Waals surface area (Å²) >= 11 is 1.03. The molecule has 1 aromatic carbocycles. The number of aliphatic carboxylic acids is 1. The quantitative estimate of drug-likeness (QED) is 0.837. The summed E-state index contributed by atoms with van der Waals surface area (Å²) in [5.41, 5.74) is 2.91. The molecule has 8 heteroatoms. The number of aryl methyl sites for hydroxylation is 1. The van der Waals surface area contributed by atoms with Gasteiger partial charge in [-0.1, -0.05) is 23.9 Å². The Morgan fingerprint density at radius 2 is 1.87 bits per heavy atom. The second kappa shape index (κ2) is 7.19. The molecule has 1 N–H and O–H groups in total. The zero-order valence-corrected chi connectivity index (χ0v) is 13.8. The molecule has 0 bridgehead atoms. The minimum absolute atomic E-state index is 0.0461. The van der Waals surface area contributed by atoms with Crippen LogP contribution in [0.25, 0.3) is 11.3 Å². The number of amides is 1. The molecule has 0 fully saturated rings. The number of anilines is 1. The van der Waals surface area contributed by atoms with E-state index in [0.29, 0.717) is 16.5 Å². The number of nitrogens with zero attached hydrogens (tertiary/aromatic N) is 4. The summed E-state index contributed by atoms with van der Waals surface area (Å²) in [7, 11) is 1.71. The molecule has 23 heavy (non-hydrogen) atoms. The summed E-state index contributed by atoms with van der Waals surface area (Å²) in [6, 6.07) is 7.34. The smallest absolute Gasteiger partial charge is 0.313 e. The average molecular weight is 332 g/mol. The Kier molecular flexibility index (Phi) is 5.28. The van der Waals surface area contributed by atoms with Crippen LogP contribution in [0.15, 0.2) is 29.4 Å². The zero-order valence-electron chi connectivity index (χ0n) is 13.0. The SMILES string of the molecule is CC(=O)N(C)c1ccc(-c2nnc(SCC(=O)O)nc2C)cc1. The van der Waals surface area contributed by atoms with Crippen LogP contribution in [-0.4, -0.2) is 45.0 Å². The van der Waals surface area contributed by atoms with Crippen LogP contribution in [0, 0.1) is 6.92 Å². The number of carbonyl (C=O) groups is 2. The number of aromatic nitrogens is 3. The first-order chi connectivity index (χ1) is 10.9. The predicted octanol–water partition coefficient (Wildman–Crippen LogP) is 2.01. The second-order valence-corrected chi connectivity index (χ2v) is 5.78. The lowest BCUT2D eigenvalue weighted by molar-refractivity contribution is -0.133.